The van der Waals surface area contributed by atoms with Gasteiger partial charge in [-0.05, 0) is 25.1 Å². The van der Waals surface area contributed by atoms with Crippen molar-refractivity contribution in [1.29, 1.82) is 0 Å². The maximum Gasteiger partial charge on any atom is 0.224 e. The molecule has 11 nitrogen and oxygen atoms in total. The van der Waals surface area contributed by atoms with Gasteiger partial charge in [-0.15, -0.1) is 0 Å². The maximum absolute atomic E-state index is 12.2. The minimum Gasteiger partial charge on any atom is -0.366 e. The van der Waals surface area contributed by atoms with Gasteiger partial charge >= 0.3 is 0 Å². The van der Waals surface area contributed by atoms with Crippen LogP contribution < -0.4 is 10.2 Å². The summed E-state index contributed by atoms with van der Waals surface area (Å²) in [5.41, 5.74) is 6.46. The van der Waals surface area contributed by atoms with Gasteiger partial charge in [0, 0.05) is 49.7 Å². The van der Waals surface area contributed by atoms with Crippen molar-refractivity contribution in [2.45, 2.75) is 20.3 Å². The molecule has 6 rings (SSSR count). The van der Waals surface area contributed by atoms with E-state index < -0.39 is 0 Å². The minimum atomic E-state index is -0.0326. The van der Waals surface area contributed by atoms with E-state index in [-0.39, 0.29) is 11.8 Å². The Labute approximate surface area is 219 Å². The van der Waals surface area contributed by atoms with Crippen LogP contribution in [-0.4, -0.2) is 79.2 Å². The fourth-order valence-electron chi connectivity index (χ4n) is 4.80. The third-order valence-electron chi connectivity index (χ3n) is 6.80. The fraction of sp³-hybridized carbons (Fsp3) is 0.333. The molecule has 0 spiro atoms. The van der Waals surface area contributed by atoms with Crippen LogP contribution in [0.2, 0.25) is 0 Å². The zero-order chi connectivity index (χ0) is 26.2. The summed E-state index contributed by atoms with van der Waals surface area (Å²) >= 11 is 0. The standard InChI is InChI=1S/C27H30N10O/c1-16(2)8-24(38)31-18-9-17(11-28-12-18)20-10-19-21(14-30-20)34-35-25(19)27-32-22-13-29-15-23(26(22)33-27)37-6-4-36(3)5-7-37/h9-16H,4-8H2,1-3H3,(H,31,38)(H,32,33)(H,34,35). The van der Waals surface area contributed by atoms with Crippen LogP contribution in [0.5, 0.6) is 0 Å². The molecule has 1 amide bonds. The molecule has 0 unspecified atom stereocenters. The van der Waals surface area contributed by atoms with Crippen LogP contribution in [0.15, 0.2) is 43.1 Å². The molecule has 0 saturated carbocycles. The summed E-state index contributed by atoms with van der Waals surface area (Å²) in [5, 5.41) is 11.4. The Bertz CT molecular complexity index is 1610. The van der Waals surface area contributed by atoms with Crippen molar-refractivity contribution in [3.8, 4) is 22.8 Å². The zero-order valence-electron chi connectivity index (χ0n) is 21.7. The van der Waals surface area contributed by atoms with Gasteiger partial charge in [0.05, 0.1) is 52.9 Å². The lowest BCUT2D eigenvalue weighted by Crippen LogP contribution is -2.44. The van der Waals surface area contributed by atoms with Crippen molar-refractivity contribution in [1.82, 2.24) is 40.0 Å². The van der Waals surface area contributed by atoms with Gasteiger partial charge in [0.2, 0.25) is 5.91 Å². The minimum absolute atomic E-state index is 0.0326. The van der Waals surface area contributed by atoms with E-state index in [0.717, 1.165) is 65.1 Å². The van der Waals surface area contributed by atoms with Gasteiger partial charge in [0.1, 0.15) is 11.2 Å². The van der Waals surface area contributed by atoms with Crippen LogP contribution in [-0.2, 0) is 4.79 Å². The molecule has 1 aliphatic heterocycles. The Kier molecular flexibility index (Phi) is 6.20. The summed E-state index contributed by atoms with van der Waals surface area (Å²) in [5.74, 6) is 0.913. The van der Waals surface area contributed by atoms with Crippen molar-refractivity contribution < 1.29 is 4.79 Å². The first-order valence-electron chi connectivity index (χ1n) is 12.8. The normalized spacial score (nSPS) is 14.6. The quantitative estimate of drug-likeness (QED) is 0.315. The summed E-state index contributed by atoms with van der Waals surface area (Å²) in [6, 6.07) is 3.85. The molecule has 0 atom stereocenters. The Morgan fingerprint density at radius 3 is 2.66 bits per heavy atom. The number of carbonyl (C=O) groups is 1. The number of hydrogen-bond donors (Lipinski definition) is 3. The van der Waals surface area contributed by atoms with Gasteiger partial charge in [-0.25, -0.2) is 4.98 Å². The largest absolute Gasteiger partial charge is 0.366 e. The number of aromatic amines is 2. The van der Waals surface area contributed by atoms with Crippen LogP contribution in [0.1, 0.15) is 20.3 Å². The van der Waals surface area contributed by atoms with Crippen molar-refractivity contribution in [3.63, 3.8) is 0 Å². The first-order chi connectivity index (χ1) is 18.4. The van der Waals surface area contributed by atoms with Gasteiger partial charge in [-0.3, -0.25) is 24.8 Å². The Hall–Kier alpha value is -4.38. The summed E-state index contributed by atoms with van der Waals surface area (Å²) < 4.78 is 0. The fourth-order valence-corrected chi connectivity index (χ4v) is 4.80. The molecule has 5 aromatic rings. The summed E-state index contributed by atoms with van der Waals surface area (Å²) in [4.78, 5) is 38.7. The molecule has 0 aromatic carbocycles. The molecule has 1 fully saturated rings. The molecule has 0 radical (unpaired) electrons. The molecule has 1 aliphatic rings. The van der Waals surface area contributed by atoms with E-state index in [9.17, 15) is 4.79 Å². The number of pyridine rings is 3. The number of anilines is 2. The van der Waals surface area contributed by atoms with Gasteiger partial charge in [-0.1, -0.05) is 13.8 Å². The van der Waals surface area contributed by atoms with Gasteiger partial charge in [0.15, 0.2) is 5.82 Å². The second-order valence-corrected chi connectivity index (χ2v) is 10.2. The lowest BCUT2D eigenvalue weighted by molar-refractivity contribution is -0.116. The second kappa shape index (κ2) is 9.82. The van der Waals surface area contributed by atoms with E-state index in [1.165, 1.54) is 0 Å². The highest BCUT2D eigenvalue weighted by Gasteiger charge is 2.20. The van der Waals surface area contributed by atoms with E-state index in [1.807, 2.05) is 32.2 Å². The number of nitrogens with one attached hydrogen (secondary N) is 3. The van der Waals surface area contributed by atoms with Crippen molar-refractivity contribution in [3.05, 3.63) is 43.1 Å². The average Bonchev–Trinajstić information content (AvgIpc) is 3.52. The SMILES string of the molecule is CC(C)CC(=O)Nc1cncc(-c2cc3c(-c4nc5c(N6CCN(C)CC6)cncc5[nH]4)n[nH]c3cn2)c1. The molecule has 1 saturated heterocycles. The van der Waals surface area contributed by atoms with Crippen LogP contribution in [0.25, 0.3) is 44.7 Å². The first-order valence-corrected chi connectivity index (χ1v) is 12.8. The van der Waals surface area contributed by atoms with Crippen molar-refractivity contribution in [2.24, 2.45) is 5.92 Å². The van der Waals surface area contributed by atoms with E-state index in [4.69, 9.17) is 4.98 Å². The summed E-state index contributed by atoms with van der Waals surface area (Å²) in [7, 11) is 2.14. The predicted octanol–water partition coefficient (Wildman–Crippen LogP) is 3.69. The maximum atomic E-state index is 12.2. The molecular formula is C27H30N10O. The van der Waals surface area contributed by atoms with E-state index in [2.05, 4.69) is 52.3 Å². The number of likely N-dealkylation sites (N-methyl/N-ethyl adjacent to an activating group) is 1. The van der Waals surface area contributed by atoms with Gasteiger partial charge in [0.25, 0.3) is 0 Å². The molecule has 3 N–H and O–H groups in total. The Morgan fingerprint density at radius 1 is 1.03 bits per heavy atom. The number of amides is 1. The third kappa shape index (κ3) is 4.68. The molecule has 194 valence electrons. The Balaban J connectivity index is 1.34. The van der Waals surface area contributed by atoms with Crippen molar-refractivity contribution >= 4 is 39.2 Å². The molecule has 11 heteroatoms. The van der Waals surface area contributed by atoms with E-state index in [0.29, 0.717) is 23.6 Å². The van der Waals surface area contributed by atoms with Crippen LogP contribution >= 0.6 is 0 Å². The highest BCUT2D eigenvalue weighted by Crippen LogP contribution is 2.32. The highest BCUT2D eigenvalue weighted by atomic mass is 16.1. The summed E-state index contributed by atoms with van der Waals surface area (Å²) in [6.45, 7) is 7.91. The van der Waals surface area contributed by atoms with E-state index >= 15 is 0 Å². The lowest BCUT2D eigenvalue weighted by Gasteiger charge is -2.33. The predicted molar refractivity (Wildman–Crippen MR) is 148 cm³/mol. The average molecular weight is 511 g/mol. The topological polar surface area (TPSA) is 132 Å². The van der Waals surface area contributed by atoms with Crippen molar-refractivity contribution in [2.75, 3.05) is 43.4 Å². The van der Waals surface area contributed by atoms with Gasteiger partial charge < -0.3 is 20.1 Å². The van der Waals surface area contributed by atoms with E-state index in [1.54, 1.807) is 24.8 Å². The molecule has 38 heavy (non-hydrogen) atoms. The number of nitrogens with zero attached hydrogens (tertiary/aromatic N) is 7. The molecule has 0 bridgehead atoms. The highest BCUT2D eigenvalue weighted by molar-refractivity contribution is 5.97. The number of hydrogen-bond acceptors (Lipinski definition) is 8. The number of carbonyl (C=O) groups excluding carboxylic acids is 1. The number of fused-ring (bicyclic) bond motifs is 2. The second-order valence-electron chi connectivity index (χ2n) is 10.2. The monoisotopic (exact) mass is 510 g/mol. The number of piperazine rings is 1. The van der Waals surface area contributed by atoms with Crippen LogP contribution in [0, 0.1) is 5.92 Å². The van der Waals surface area contributed by atoms with Gasteiger partial charge in [-0.2, -0.15) is 5.10 Å². The molecular weight excluding hydrogens is 480 g/mol. The molecule has 6 heterocycles. The lowest BCUT2D eigenvalue weighted by atomic mass is 10.1. The number of imidazole rings is 1. The molecule has 5 aromatic heterocycles. The summed E-state index contributed by atoms with van der Waals surface area (Å²) in [6.07, 6.45) is 9.29. The number of H-pyrrole nitrogens is 2. The van der Waals surface area contributed by atoms with Crippen LogP contribution in [0.3, 0.4) is 0 Å². The first kappa shape index (κ1) is 24.0. The number of rotatable bonds is 6. The third-order valence-corrected chi connectivity index (χ3v) is 6.80. The zero-order valence-corrected chi connectivity index (χ0v) is 21.7. The molecule has 0 aliphatic carbocycles. The van der Waals surface area contributed by atoms with Crippen LogP contribution in [0.4, 0.5) is 11.4 Å². The smallest absolute Gasteiger partial charge is 0.224 e. The Morgan fingerprint density at radius 2 is 1.84 bits per heavy atom. The number of aromatic nitrogens is 7.